The molecule has 2 N–H and O–H groups in total. The first-order chi connectivity index (χ1) is 14.8. The number of amides is 1. The van der Waals surface area contributed by atoms with Gasteiger partial charge in [-0.25, -0.2) is 19.4 Å². The summed E-state index contributed by atoms with van der Waals surface area (Å²) in [6, 6.07) is 8.13. The van der Waals surface area contributed by atoms with Crippen molar-refractivity contribution in [3.63, 3.8) is 0 Å². The number of carbonyl (C=O) groups excluding carboxylic acids is 1. The molecular formula is C20H23N5O6. The van der Waals surface area contributed by atoms with Crippen LogP contribution in [0.5, 0.6) is 0 Å². The number of benzene rings is 1. The van der Waals surface area contributed by atoms with Gasteiger partial charge in [-0.3, -0.25) is 13.9 Å². The van der Waals surface area contributed by atoms with Crippen LogP contribution in [0.2, 0.25) is 0 Å². The number of imidazole rings is 1. The van der Waals surface area contributed by atoms with E-state index in [0.29, 0.717) is 6.42 Å². The number of nitrogens with one attached hydrogen (secondary N) is 1. The molecule has 0 saturated heterocycles. The first kappa shape index (κ1) is 21.8. The molecule has 164 valence electrons. The summed E-state index contributed by atoms with van der Waals surface area (Å²) in [5, 5.41) is 12.2. The van der Waals surface area contributed by atoms with Crippen LogP contribution >= 0.6 is 0 Å². The molecule has 1 aromatic carbocycles. The van der Waals surface area contributed by atoms with E-state index in [9.17, 15) is 24.3 Å². The lowest BCUT2D eigenvalue weighted by atomic mass is 10.1. The normalized spacial score (nSPS) is 11.9. The van der Waals surface area contributed by atoms with Crippen LogP contribution in [0.1, 0.15) is 24.4 Å². The van der Waals surface area contributed by atoms with Crippen molar-refractivity contribution < 1.29 is 19.4 Å². The van der Waals surface area contributed by atoms with Gasteiger partial charge in [-0.2, -0.15) is 0 Å². The molecule has 1 unspecified atom stereocenters. The molecule has 0 saturated carbocycles. The molecule has 0 bridgehead atoms. The summed E-state index contributed by atoms with van der Waals surface area (Å²) in [4.78, 5) is 52.3. The van der Waals surface area contributed by atoms with Gasteiger partial charge in [-0.1, -0.05) is 30.3 Å². The lowest BCUT2D eigenvalue weighted by molar-refractivity contribution is -0.141. The van der Waals surface area contributed by atoms with Crippen LogP contribution in [-0.4, -0.2) is 42.4 Å². The van der Waals surface area contributed by atoms with E-state index in [1.54, 1.807) is 0 Å². The van der Waals surface area contributed by atoms with Gasteiger partial charge in [-0.05, 0) is 18.4 Å². The lowest BCUT2D eigenvalue weighted by Crippen LogP contribution is -2.38. The van der Waals surface area contributed by atoms with Gasteiger partial charge in [0.2, 0.25) is 0 Å². The van der Waals surface area contributed by atoms with Gasteiger partial charge in [-0.15, -0.1) is 0 Å². The van der Waals surface area contributed by atoms with Crippen LogP contribution < -0.4 is 16.6 Å². The quantitative estimate of drug-likeness (QED) is 0.504. The SMILES string of the molecule is Cn1c(=O)c2c(ncn2C(CCCNC(=O)OCc2ccccc2)C(=O)O)n(C)c1=O. The predicted octanol–water partition coefficient (Wildman–Crippen LogP) is 0.766. The maximum Gasteiger partial charge on any atom is 0.407 e. The summed E-state index contributed by atoms with van der Waals surface area (Å²) in [5.74, 6) is -1.15. The first-order valence-electron chi connectivity index (χ1n) is 9.61. The van der Waals surface area contributed by atoms with Gasteiger partial charge < -0.3 is 19.7 Å². The number of nitrogens with zero attached hydrogens (tertiary/aromatic N) is 4. The van der Waals surface area contributed by atoms with Crippen molar-refractivity contribution in [2.24, 2.45) is 14.1 Å². The fourth-order valence-corrected chi connectivity index (χ4v) is 3.24. The number of fused-ring (bicyclic) bond motifs is 1. The molecule has 2 heterocycles. The number of carbonyl (C=O) groups is 2. The van der Waals surface area contributed by atoms with Gasteiger partial charge in [0.1, 0.15) is 12.6 Å². The van der Waals surface area contributed by atoms with Crippen molar-refractivity contribution in [3.05, 3.63) is 63.1 Å². The van der Waals surface area contributed by atoms with Crippen molar-refractivity contribution in [1.82, 2.24) is 24.0 Å². The Labute approximate surface area is 176 Å². The average molecular weight is 429 g/mol. The minimum absolute atomic E-state index is 0.0345. The maximum atomic E-state index is 12.5. The molecule has 0 aliphatic heterocycles. The van der Waals surface area contributed by atoms with Gasteiger partial charge in [0, 0.05) is 20.6 Å². The summed E-state index contributed by atoms with van der Waals surface area (Å²) in [6.45, 7) is 0.327. The Morgan fingerprint density at radius 2 is 1.87 bits per heavy atom. The van der Waals surface area contributed by atoms with Gasteiger partial charge in [0.05, 0.1) is 6.33 Å². The van der Waals surface area contributed by atoms with Crippen molar-refractivity contribution in [3.8, 4) is 0 Å². The van der Waals surface area contributed by atoms with Crippen LogP contribution in [-0.2, 0) is 30.2 Å². The highest BCUT2D eigenvalue weighted by Crippen LogP contribution is 2.18. The monoisotopic (exact) mass is 429 g/mol. The molecule has 0 radical (unpaired) electrons. The van der Waals surface area contributed by atoms with E-state index in [0.717, 1.165) is 10.1 Å². The molecule has 1 amide bonds. The van der Waals surface area contributed by atoms with Gasteiger partial charge >= 0.3 is 17.8 Å². The second-order valence-corrected chi connectivity index (χ2v) is 7.01. The van der Waals surface area contributed by atoms with Crippen molar-refractivity contribution >= 4 is 23.2 Å². The molecule has 0 spiro atoms. The topological polar surface area (TPSA) is 137 Å². The lowest BCUT2D eigenvalue weighted by Gasteiger charge is -2.15. The van der Waals surface area contributed by atoms with E-state index in [-0.39, 0.29) is 30.7 Å². The zero-order valence-corrected chi connectivity index (χ0v) is 17.1. The van der Waals surface area contributed by atoms with E-state index >= 15 is 0 Å². The number of aliphatic carboxylic acids is 1. The minimum atomic E-state index is -1.15. The number of hydrogen-bond acceptors (Lipinski definition) is 6. The first-order valence-corrected chi connectivity index (χ1v) is 9.61. The second-order valence-electron chi connectivity index (χ2n) is 7.01. The predicted molar refractivity (Wildman–Crippen MR) is 111 cm³/mol. The number of hydrogen-bond donors (Lipinski definition) is 2. The van der Waals surface area contributed by atoms with E-state index in [1.807, 2.05) is 30.3 Å². The zero-order chi connectivity index (χ0) is 22.5. The van der Waals surface area contributed by atoms with Crippen molar-refractivity contribution in [2.75, 3.05) is 6.54 Å². The van der Waals surface area contributed by atoms with E-state index < -0.39 is 29.4 Å². The van der Waals surface area contributed by atoms with Crippen LogP contribution in [0.3, 0.4) is 0 Å². The fraction of sp³-hybridized carbons (Fsp3) is 0.350. The number of aryl methyl sites for hydroxylation is 1. The molecular weight excluding hydrogens is 406 g/mol. The number of carboxylic acids is 1. The third-order valence-electron chi connectivity index (χ3n) is 4.93. The fourth-order valence-electron chi connectivity index (χ4n) is 3.24. The number of carboxylic acid groups (broad SMARTS) is 1. The summed E-state index contributed by atoms with van der Waals surface area (Å²) in [5.41, 5.74) is -0.168. The molecule has 0 fully saturated rings. The highest BCUT2D eigenvalue weighted by atomic mass is 16.5. The van der Waals surface area contributed by atoms with Crippen LogP contribution in [0.25, 0.3) is 11.2 Å². The molecule has 11 heteroatoms. The van der Waals surface area contributed by atoms with Crippen LogP contribution in [0, 0.1) is 0 Å². The number of alkyl carbamates (subject to hydrolysis) is 1. The Bertz CT molecular complexity index is 1210. The number of rotatable bonds is 8. The molecule has 0 aliphatic rings. The summed E-state index contributed by atoms with van der Waals surface area (Å²) >= 11 is 0. The average Bonchev–Trinajstić information content (AvgIpc) is 3.20. The number of ether oxygens (including phenoxy) is 1. The highest BCUT2D eigenvalue weighted by Gasteiger charge is 2.24. The smallest absolute Gasteiger partial charge is 0.407 e. The van der Waals surface area contributed by atoms with E-state index in [2.05, 4.69) is 10.3 Å². The standard InChI is InChI=1S/C20H23N5O6/c1-23-16-15(17(26)24(2)20(23)30)25(12-22-16)14(18(27)28)9-6-10-21-19(29)31-11-13-7-4-3-5-8-13/h3-5,7-8,12,14H,6,9-11H2,1-2H3,(H,21,29)(H,27,28). The molecule has 31 heavy (non-hydrogen) atoms. The largest absolute Gasteiger partial charge is 0.480 e. The maximum absolute atomic E-state index is 12.5. The van der Waals surface area contributed by atoms with Crippen molar-refractivity contribution in [2.45, 2.75) is 25.5 Å². The van der Waals surface area contributed by atoms with E-state index in [4.69, 9.17) is 4.74 Å². The van der Waals surface area contributed by atoms with E-state index in [1.165, 1.54) is 29.6 Å². The molecule has 0 aliphatic carbocycles. The summed E-state index contributed by atoms with van der Waals surface area (Å²) in [7, 11) is 2.78. The minimum Gasteiger partial charge on any atom is -0.480 e. The number of aromatic nitrogens is 4. The van der Waals surface area contributed by atoms with Crippen LogP contribution in [0.15, 0.2) is 46.2 Å². The third-order valence-corrected chi connectivity index (χ3v) is 4.93. The highest BCUT2D eigenvalue weighted by molar-refractivity contribution is 5.77. The molecule has 3 aromatic rings. The molecule has 11 nitrogen and oxygen atoms in total. The van der Waals surface area contributed by atoms with Crippen LogP contribution in [0.4, 0.5) is 4.79 Å². The second kappa shape index (κ2) is 9.28. The summed E-state index contributed by atoms with van der Waals surface area (Å²) < 4.78 is 8.46. The Morgan fingerprint density at radius 3 is 2.55 bits per heavy atom. The Hall–Kier alpha value is -3.89. The van der Waals surface area contributed by atoms with Crippen molar-refractivity contribution in [1.29, 1.82) is 0 Å². The molecule has 2 aromatic heterocycles. The summed E-state index contributed by atoms with van der Waals surface area (Å²) in [6.07, 6.45) is 1.09. The Morgan fingerprint density at radius 1 is 1.16 bits per heavy atom. The third kappa shape index (κ3) is 4.65. The van der Waals surface area contributed by atoms with Gasteiger partial charge in [0.15, 0.2) is 11.2 Å². The Balaban J connectivity index is 1.64. The molecule has 1 atom stereocenters. The Kier molecular flexibility index (Phi) is 6.53. The zero-order valence-electron chi connectivity index (χ0n) is 17.1. The van der Waals surface area contributed by atoms with Gasteiger partial charge in [0.25, 0.3) is 5.56 Å². The molecule has 3 rings (SSSR count).